The van der Waals surface area contributed by atoms with Crippen LogP contribution >= 0.6 is 0 Å². The number of nitrogens with two attached hydrogens (primary N) is 1. The molecule has 0 unspecified atom stereocenters. The highest BCUT2D eigenvalue weighted by Crippen LogP contribution is 2.31. The molecule has 0 bridgehead atoms. The number of aromatic nitrogens is 2. The lowest BCUT2D eigenvalue weighted by Gasteiger charge is -2.04. The maximum atomic E-state index is 12.8. The maximum absolute atomic E-state index is 12.8. The van der Waals surface area contributed by atoms with Crippen LogP contribution in [0.3, 0.4) is 0 Å². The lowest BCUT2D eigenvalue weighted by molar-refractivity contribution is 0.103. The van der Waals surface area contributed by atoms with Crippen LogP contribution in [-0.4, -0.2) is 20.9 Å². The third-order valence-corrected chi connectivity index (χ3v) is 4.21. The number of benzene rings is 2. The van der Waals surface area contributed by atoms with Gasteiger partial charge < -0.3 is 15.8 Å². The highest BCUT2D eigenvalue weighted by atomic mass is 16.3. The van der Waals surface area contributed by atoms with Gasteiger partial charge in [-0.2, -0.15) is 0 Å². The van der Waals surface area contributed by atoms with E-state index in [2.05, 4.69) is 9.97 Å². The molecular formula is C19H15N3O2. The molecule has 2 heterocycles. The molecule has 0 atom stereocenters. The van der Waals surface area contributed by atoms with Crippen LogP contribution in [0.15, 0.2) is 48.7 Å². The van der Waals surface area contributed by atoms with Gasteiger partial charge in [-0.05, 0) is 48.9 Å². The average Bonchev–Trinajstić information content (AvgIpc) is 2.98. The first-order valence-corrected chi connectivity index (χ1v) is 7.55. The molecule has 4 N–H and O–H groups in total. The quantitative estimate of drug-likeness (QED) is 0.389. The van der Waals surface area contributed by atoms with Crippen molar-refractivity contribution in [3.05, 3.63) is 65.5 Å². The Bertz CT molecular complexity index is 1110. The molecule has 5 nitrogen and oxygen atoms in total. The number of fused-ring (bicyclic) bond motifs is 3. The highest BCUT2D eigenvalue weighted by Gasteiger charge is 2.16. The summed E-state index contributed by atoms with van der Waals surface area (Å²) in [7, 11) is 0. The summed E-state index contributed by atoms with van der Waals surface area (Å²) in [6.07, 6.45) is 1.67. The second kappa shape index (κ2) is 5.09. The Balaban J connectivity index is 1.92. The summed E-state index contributed by atoms with van der Waals surface area (Å²) >= 11 is 0. The van der Waals surface area contributed by atoms with Crippen LogP contribution in [0.5, 0.6) is 5.75 Å². The minimum atomic E-state index is -0.118. The van der Waals surface area contributed by atoms with Gasteiger partial charge in [0.1, 0.15) is 5.75 Å². The molecular weight excluding hydrogens is 302 g/mol. The summed E-state index contributed by atoms with van der Waals surface area (Å²) in [6.45, 7) is 1.86. The van der Waals surface area contributed by atoms with Crippen LogP contribution in [0.4, 0.5) is 5.69 Å². The molecule has 0 aliphatic heterocycles. The molecule has 2 aromatic heterocycles. The fraction of sp³-hybridized carbons (Fsp3) is 0.0526. The Hall–Kier alpha value is -3.34. The molecule has 0 aliphatic rings. The van der Waals surface area contributed by atoms with Crippen molar-refractivity contribution in [3.63, 3.8) is 0 Å². The number of hydrogen-bond donors (Lipinski definition) is 3. The summed E-state index contributed by atoms with van der Waals surface area (Å²) in [5.41, 5.74) is 9.64. The van der Waals surface area contributed by atoms with E-state index >= 15 is 0 Å². The van der Waals surface area contributed by atoms with Gasteiger partial charge >= 0.3 is 0 Å². The van der Waals surface area contributed by atoms with E-state index in [1.807, 2.05) is 13.0 Å². The lowest BCUT2D eigenvalue weighted by Crippen LogP contribution is -2.04. The minimum Gasteiger partial charge on any atom is -0.507 e. The van der Waals surface area contributed by atoms with Crippen LogP contribution < -0.4 is 5.73 Å². The summed E-state index contributed by atoms with van der Waals surface area (Å²) < 4.78 is 0. The third kappa shape index (κ3) is 2.10. The van der Waals surface area contributed by atoms with Gasteiger partial charge in [-0.3, -0.25) is 9.78 Å². The van der Waals surface area contributed by atoms with Crippen molar-refractivity contribution in [1.29, 1.82) is 0 Å². The number of hydrogen-bond acceptors (Lipinski definition) is 4. The maximum Gasteiger partial charge on any atom is 0.209 e. The molecule has 4 aromatic rings. The van der Waals surface area contributed by atoms with Crippen LogP contribution in [0.1, 0.15) is 21.6 Å². The number of H-pyrrole nitrogens is 1. The van der Waals surface area contributed by atoms with Gasteiger partial charge in [0.05, 0.1) is 28.3 Å². The number of nitrogens with zero attached hydrogens (tertiary/aromatic N) is 1. The Labute approximate surface area is 137 Å². The monoisotopic (exact) mass is 317 g/mol. The standard InChI is InChI=1S/C19H15N3O2/c1-10-7-11(20)5-6-12(10)19(24)15-8-13-16(22-15)9-21-14-3-2-4-17(23)18(13)14/h2-9,22-23H,20H2,1H3. The number of rotatable bonds is 2. The van der Waals surface area contributed by atoms with Crippen LogP contribution in [0.25, 0.3) is 21.8 Å². The highest BCUT2D eigenvalue weighted by molar-refractivity contribution is 6.15. The SMILES string of the molecule is Cc1cc(N)ccc1C(=O)c1cc2c(cnc3cccc(O)c32)[nH]1. The van der Waals surface area contributed by atoms with Gasteiger partial charge in [0.2, 0.25) is 5.78 Å². The molecule has 0 saturated carbocycles. The predicted molar refractivity (Wildman–Crippen MR) is 94.3 cm³/mol. The van der Waals surface area contributed by atoms with Crippen LogP contribution in [0, 0.1) is 6.92 Å². The zero-order valence-corrected chi connectivity index (χ0v) is 13.0. The van der Waals surface area contributed by atoms with Crippen molar-refractivity contribution >= 4 is 33.3 Å². The fourth-order valence-corrected chi connectivity index (χ4v) is 3.03. The minimum absolute atomic E-state index is 0.118. The summed E-state index contributed by atoms with van der Waals surface area (Å²) in [6, 6.07) is 12.2. The summed E-state index contributed by atoms with van der Waals surface area (Å²) in [4.78, 5) is 20.2. The number of nitrogens with one attached hydrogen (secondary N) is 1. The summed E-state index contributed by atoms with van der Waals surface area (Å²) in [5.74, 6) is 0.0273. The lowest BCUT2D eigenvalue weighted by atomic mass is 10.0. The van der Waals surface area contributed by atoms with E-state index in [0.29, 0.717) is 33.4 Å². The van der Waals surface area contributed by atoms with Crippen molar-refractivity contribution in [2.24, 2.45) is 0 Å². The molecule has 0 amide bonds. The molecule has 0 radical (unpaired) electrons. The average molecular weight is 317 g/mol. The molecule has 2 aromatic carbocycles. The van der Waals surface area contributed by atoms with E-state index in [-0.39, 0.29) is 11.5 Å². The van der Waals surface area contributed by atoms with Gasteiger partial charge in [-0.15, -0.1) is 0 Å². The van der Waals surface area contributed by atoms with Crippen molar-refractivity contribution in [2.75, 3.05) is 5.73 Å². The molecule has 0 fully saturated rings. The number of phenolic OH excluding ortho intramolecular Hbond substituents is 1. The summed E-state index contributed by atoms with van der Waals surface area (Å²) in [5, 5.41) is 11.6. The van der Waals surface area contributed by atoms with Crippen LogP contribution in [0.2, 0.25) is 0 Å². The number of anilines is 1. The van der Waals surface area contributed by atoms with Crippen LogP contribution in [-0.2, 0) is 0 Å². The van der Waals surface area contributed by atoms with Gasteiger partial charge in [0.15, 0.2) is 0 Å². The Morgan fingerprint density at radius 3 is 2.83 bits per heavy atom. The first kappa shape index (κ1) is 14.3. The van der Waals surface area contributed by atoms with Crippen molar-refractivity contribution in [2.45, 2.75) is 6.92 Å². The number of nitrogen functional groups attached to an aromatic ring is 1. The molecule has 118 valence electrons. The zero-order chi connectivity index (χ0) is 16.8. The van der Waals surface area contributed by atoms with E-state index < -0.39 is 0 Å². The number of pyridine rings is 1. The first-order valence-electron chi connectivity index (χ1n) is 7.55. The number of aryl methyl sites for hydroxylation is 1. The second-order valence-electron chi connectivity index (χ2n) is 5.84. The molecule has 0 saturated heterocycles. The molecule has 0 aliphatic carbocycles. The van der Waals surface area contributed by atoms with Gasteiger partial charge in [-0.1, -0.05) is 6.07 Å². The predicted octanol–water partition coefficient (Wildman–Crippen LogP) is 3.54. The molecule has 0 spiro atoms. The van der Waals surface area contributed by atoms with E-state index in [1.165, 1.54) is 0 Å². The number of aromatic hydroxyl groups is 1. The normalized spacial score (nSPS) is 11.2. The largest absolute Gasteiger partial charge is 0.507 e. The van der Waals surface area contributed by atoms with Crippen molar-refractivity contribution < 1.29 is 9.90 Å². The smallest absolute Gasteiger partial charge is 0.209 e. The Morgan fingerprint density at radius 1 is 1.21 bits per heavy atom. The Morgan fingerprint density at radius 2 is 2.04 bits per heavy atom. The molecule has 4 rings (SSSR count). The van der Waals surface area contributed by atoms with E-state index in [4.69, 9.17) is 5.73 Å². The Kier molecular flexibility index (Phi) is 3.03. The van der Waals surface area contributed by atoms with E-state index in [9.17, 15) is 9.90 Å². The van der Waals surface area contributed by atoms with Gasteiger partial charge in [0, 0.05) is 16.6 Å². The number of carbonyl (C=O) groups is 1. The van der Waals surface area contributed by atoms with E-state index in [0.717, 1.165) is 10.9 Å². The number of aromatic amines is 1. The van der Waals surface area contributed by atoms with Gasteiger partial charge in [0.25, 0.3) is 0 Å². The molecule has 5 heteroatoms. The third-order valence-electron chi connectivity index (χ3n) is 4.21. The number of phenols is 1. The zero-order valence-electron chi connectivity index (χ0n) is 13.0. The van der Waals surface area contributed by atoms with Crippen molar-refractivity contribution in [3.8, 4) is 5.75 Å². The van der Waals surface area contributed by atoms with E-state index in [1.54, 1.807) is 42.6 Å². The fourth-order valence-electron chi connectivity index (χ4n) is 3.03. The van der Waals surface area contributed by atoms with Crippen molar-refractivity contribution in [1.82, 2.24) is 9.97 Å². The number of carbonyl (C=O) groups excluding carboxylic acids is 1. The first-order chi connectivity index (χ1) is 11.5. The van der Waals surface area contributed by atoms with Gasteiger partial charge in [-0.25, -0.2) is 0 Å². The second-order valence-corrected chi connectivity index (χ2v) is 5.84. The topological polar surface area (TPSA) is 92.0 Å². The molecule has 24 heavy (non-hydrogen) atoms. The number of ketones is 1.